The molecular weight excluding hydrogens is 440 g/mol. The summed E-state index contributed by atoms with van der Waals surface area (Å²) in [4.78, 5) is 18.2. The first kappa shape index (κ1) is 25.4. The lowest BCUT2D eigenvalue weighted by molar-refractivity contribution is -0.138. The highest BCUT2D eigenvalue weighted by Crippen LogP contribution is 2.39. The van der Waals surface area contributed by atoms with Crippen molar-refractivity contribution < 1.29 is 19.4 Å². The minimum Gasteiger partial charge on any atom is -0.504 e. The number of piperidine rings is 1. The van der Waals surface area contributed by atoms with Gasteiger partial charge in [0.05, 0.1) is 19.1 Å². The van der Waals surface area contributed by atoms with Crippen molar-refractivity contribution >= 4 is 5.91 Å². The van der Waals surface area contributed by atoms with Crippen LogP contribution in [0.25, 0.3) is 0 Å². The number of rotatable bonds is 7. The van der Waals surface area contributed by atoms with E-state index in [1.165, 1.54) is 16.7 Å². The zero-order chi connectivity index (χ0) is 24.9. The minimum atomic E-state index is -0.0124. The first-order valence-electron chi connectivity index (χ1n) is 13.0. The Kier molecular flexibility index (Phi) is 8.22. The Morgan fingerprint density at radius 1 is 1.14 bits per heavy atom. The zero-order valence-electron chi connectivity index (χ0n) is 21.7. The quantitative estimate of drug-likeness (QED) is 0.600. The number of carbonyl (C=O) groups is 1. The fraction of sp³-hybridized carbons (Fsp3) is 0.552. The Bertz CT molecular complexity index is 1040. The highest BCUT2D eigenvalue weighted by Gasteiger charge is 2.30. The average molecular weight is 481 g/mol. The number of amides is 1. The monoisotopic (exact) mass is 480 g/mol. The van der Waals surface area contributed by atoms with Crippen molar-refractivity contribution in [3.05, 3.63) is 52.6 Å². The molecule has 190 valence electrons. The van der Waals surface area contributed by atoms with E-state index in [2.05, 4.69) is 50.8 Å². The second-order valence-electron chi connectivity index (χ2n) is 10.6. The number of hydrogen-bond acceptors (Lipinski definition) is 5. The van der Waals surface area contributed by atoms with Gasteiger partial charge in [-0.25, -0.2) is 0 Å². The van der Waals surface area contributed by atoms with E-state index in [0.29, 0.717) is 43.7 Å². The summed E-state index contributed by atoms with van der Waals surface area (Å²) in [5.74, 6) is 1.59. The highest BCUT2D eigenvalue weighted by molar-refractivity contribution is 5.79. The molecule has 2 aromatic carbocycles. The molecule has 2 aliphatic rings. The summed E-state index contributed by atoms with van der Waals surface area (Å²) in [6.45, 7) is 13.5. The number of phenolic OH excluding ortho intramolecular Hbond substituents is 1. The molecule has 1 atom stereocenters. The maximum absolute atomic E-state index is 13.8. The standard InChI is InChI=1S/C29H40N2O4/c1-20(2)16-31(17-23-14-26(32)28-27(15-23)34-11-6-12-35-28)29(33)24-7-5-10-30(18-24)19-25-13-21(3)8-9-22(25)4/h8-9,13-15,20,24,32H,5-7,10-12,16-19H2,1-4H3/t24-/m1/s1. The van der Waals surface area contributed by atoms with Gasteiger partial charge < -0.3 is 19.5 Å². The summed E-state index contributed by atoms with van der Waals surface area (Å²) in [6, 6.07) is 10.2. The van der Waals surface area contributed by atoms with E-state index in [9.17, 15) is 9.90 Å². The van der Waals surface area contributed by atoms with Gasteiger partial charge in [0.1, 0.15) is 0 Å². The van der Waals surface area contributed by atoms with Gasteiger partial charge in [0, 0.05) is 32.6 Å². The second kappa shape index (κ2) is 11.3. The zero-order valence-corrected chi connectivity index (χ0v) is 21.7. The van der Waals surface area contributed by atoms with Gasteiger partial charge in [-0.05, 0) is 68.0 Å². The summed E-state index contributed by atoms with van der Waals surface area (Å²) >= 11 is 0. The molecular formula is C29H40N2O4. The Morgan fingerprint density at radius 3 is 2.74 bits per heavy atom. The fourth-order valence-electron chi connectivity index (χ4n) is 5.17. The molecule has 0 aromatic heterocycles. The first-order valence-corrected chi connectivity index (χ1v) is 13.0. The van der Waals surface area contributed by atoms with Gasteiger partial charge in [-0.1, -0.05) is 37.6 Å². The van der Waals surface area contributed by atoms with Crippen LogP contribution in [0.5, 0.6) is 17.2 Å². The van der Waals surface area contributed by atoms with Crippen molar-refractivity contribution in [1.29, 1.82) is 0 Å². The van der Waals surface area contributed by atoms with E-state index in [4.69, 9.17) is 9.47 Å². The molecule has 6 nitrogen and oxygen atoms in total. The Labute approximate surface area is 209 Å². The summed E-state index contributed by atoms with van der Waals surface area (Å²) < 4.78 is 11.5. The molecule has 0 aliphatic carbocycles. The molecule has 0 saturated carbocycles. The van der Waals surface area contributed by atoms with Crippen LogP contribution in [0.15, 0.2) is 30.3 Å². The van der Waals surface area contributed by atoms with Crippen LogP contribution in [0.2, 0.25) is 0 Å². The van der Waals surface area contributed by atoms with Gasteiger partial charge >= 0.3 is 0 Å². The molecule has 1 saturated heterocycles. The lowest BCUT2D eigenvalue weighted by Crippen LogP contribution is -2.45. The van der Waals surface area contributed by atoms with E-state index < -0.39 is 0 Å². The van der Waals surface area contributed by atoms with Crippen molar-refractivity contribution in [3.8, 4) is 17.2 Å². The van der Waals surface area contributed by atoms with E-state index in [1.54, 1.807) is 6.07 Å². The summed E-state index contributed by atoms with van der Waals surface area (Å²) in [7, 11) is 0. The van der Waals surface area contributed by atoms with Gasteiger partial charge in [-0.15, -0.1) is 0 Å². The molecule has 2 aromatic rings. The maximum atomic E-state index is 13.8. The predicted molar refractivity (Wildman–Crippen MR) is 138 cm³/mol. The summed E-state index contributed by atoms with van der Waals surface area (Å²) in [5, 5.41) is 10.5. The molecule has 1 N–H and O–H groups in total. The van der Waals surface area contributed by atoms with Gasteiger partial charge in [-0.3, -0.25) is 9.69 Å². The molecule has 1 amide bonds. The van der Waals surface area contributed by atoms with Gasteiger partial charge in [0.2, 0.25) is 11.7 Å². The Hall–Kier alpha value is -2.73. The lowest BCUT2D eigenvalue weighted by atomic mass is 9.94. The van der Waals surface area contributed by atoms with Crippen LogP contribution in [0.1, 0.15) is 55.4 Å². The number of carbonyl (C=O) groups excluding carboxylic acids is 1. The minimum absolute atomic E-state index is 0.0124. The van der Waals surface area contributed by atoms with Crippen LogP contribution in [0.3, 0.4) is 0 Å². The molecule has 0 spiro atoms. The molecule has 0 bridgehead atoms. The normalized spacial score (nSPS) is 18.4. The summed E-state index contributed by atoms with van der Waals surface area (Å²) in [6.07, 6.45) is 2.73. The van der Waals surface area contributed by atoms with Crippen LogP contribution >= 0.6 is 0 Å². The molecule has 1 fully saturated rings. The van der Waals surface area contributed by atoms with E-state index in [-0.39, 0.29) is 17.6 Å². The topological polar surface area (TPSA) is 62.2 Å². The number of ether oxygens (including phenoxy) is 2. The maximum Gasteiger partial charge on any atom is 0.227 e. The third-order valence-corrected chi connectivity index (χ3v) is 6.91. The molecule has 2 heterocycles. The molecule has 2 aliphatic heterocycles. The molecule has 4 rings (SSSR count). The van der Waals surface area contributed by atoms with Crippen LogP contribution in [-0.2, 0) is 17.9 Å². The highest BCUT2D eigenvalue weighted by atomic mass is 16.5. The van der Waals surface area contributed by atoms with Crippen molar-refractivity contribution in [2.75, 3.05) is 32.8 Å². The van der Waals surface area contributed by atoms with Crippen LogP contribution in [0, 0.1) is 25.7 Å². The lowest BCUT2D eigenvalue weighted by Gasteiger charge is -2.36. The number of benzene rings is 2. The number of phenols is 1. The van der Waals surface area contributed by atoms with Gasteiger partial charge in [0.15, 0.2) is 11.5 Å². The van der Waals surface area contributed by atoms with Crippen LogP contribution in [-0.4, -0.2) is 53.7 Å². The molecule has 6 heteroatoms. The van der Waals surface area contributed by atoms with Gasteiger partial charge in [0.25, 0.3) is 0 Å². The number of likely N-dealkylation sites (tertiary alicyclic amines) is 1. The molecule has 35 heavy (non-hydrogen) atoms. The fourth-order valence-corrected chi connectivity index (χ4v) is 5.17. The SMILES string of the molecule is Cc1ccc(C)c(CN2CCC[C@@H](C(=O)N(Cc3cc(O)c4c(c3)OCCCO4)CC(C)C)C2)c1. The number of hydrogen-bond donors (Lipinski definition) is 1. The third-order valence-electron chi connectivity index (χ3n) is 6.91. The van der Waals surface area contributed by atoms with Crippen molar-refractivity contribution in [2.45, 2.75) is 60.0 Å². The van der Waals surface area contributed by atoms with Crippen molar-refractivity contribution in [2.24, 2.45) is 11.8 Å². The van der Waals surface area contributed by atoms with Crippen molar-refractivity contribution in [3.63, 3.8) is 0 Å². The van der Waals surface area contributed by atoms with E-state index in [1.807, 2.05) is 11.0 Å². The van der Waals surface area contributed by atoms with Gasteiger partial charge in [-0.2, -0.15) is 0 Å². The third kappa shape index (κ3) is 6.49. The number of aryl methyl sites for hydroxylation is 2. The first-order chi connectivity index (χ1) is 16.8. The Morgan fingerprint density at radius 2 is 1.94 bits per heavy atom. The average Bonchev–Trinajstić information content (AvgIpc) is 3.06. The van der Waals surface area contributed by atoms with Crippen LogP contribution in [0.4, 0.5) is 0 Å². The Balaban J connectivity index is 1.48. The second-order valence-corrected chi connectivity index (χ2v) is 10.6. The van der Waals surface area contributed by atoms with Crippen molar-refractivity contribution in [1.82, 2.24) is 9.80 Å². The van der Waals surface area contributed by atoms with E-state index >= 15 is 0 Å². The number of nitrogens with zero attached hydrogens (tertiary/aromatic N) is 2. The summed E-state index contributed by atoms with van der Waals surface area (Å²) in [5.41, 5.74) is 4.79. The number of aromatic hydroxyl groups is 1. The molecule has 0 unspecified atom stereocenters. The smallest absolute Gasteiger partial charge is 0.227 e. The number of fused-ring (bicyclic) bond motifs is 1. The molecule has 0 radical (unpaired) electrons. The largest absolute Gasteiger partial charge is 0.504 e. The van der Waals surface area contributed by atoms with E-state index in [0.717, 1.165) is 44.5 Å². The van der Waals surface area contributed by atoms with Crippen LogP contribution < -0.4 is 9.47 Å². The predicted octanol–water partition coefficient (Wildman–Crippen LogP) is 5.07.